The molecule has 3 N–H and O–H groups in total. The number of nitrogens with zero attached hydrogens (tertiary/aromatic N) is 2. The van der Waals surface area contributed by atoms with E-state index in [1.807, 2.05) is 60.9 Å². The second kappa shape index (κ2) is 8.83. The van der Waals surface area contributed by atoms with Crippen molar-refractivity contribution in [2.75, 3.05) is 10.6 Å². The quantitative estimate of drug-likeness (QED) is 0.269. The summed E-state index contributed by atoms with van der Waals surface area (Å²) in [5.41, 5.74) is 4.60. The number of carbonyl (C=O) groups excluding carboxylic acids is 1. The molecule has 3 aromatic heterocycles. The number of carbonyl (C=O) groups is 1. The van der Waals surface area contributed by atoms with E-state index in [4.69, 9.17) is 0 Å². The Balaban J connectivity index is 0.00000231. The predicted molar refractivity (Wildman–Crippen MR) is 131 cm³/mol. The molecule has 0 saturated heterocycles. The zero-order valence-electron chi connectivity index (χ0n) is 16.3. The summed E-state index contributed by atoms with van der Waals surface area (Å²) in [7, 11) is 0. The van der Waals surface area contributed by atoms with Crippen LogP contribution in [0.15, 0.2) is 83.7 Å². The summed E-state index contributed by atoms with van der Waals surface area (Å²) in [5, 5.41) is 7.92. The van der Waals surface area contributed by atoms with Gasteiger partial charge in [0.2, 0.25) is 0 Å². The minimum absolute atomic E-state index is 0. The van der Waals surface area contributed by atoms with Gasteiger partial charge in [0.1, 0.15) is 5.65 Å². The van der Waals surface area contributed by atoms with Crippen molar-refractivity contribution in [3.8, 4) is 0 Å². The number of urea groups is 1. The highest BCUT2D eigenvalue weighted by atomic mass is 79.9. The molecule has 0 fully saturated rings. The Hall–Kier alpha value is -3.29. The van der Waals surface area contributed by atoms with Crippen molar-refractivity contribution in [2.24, 2.45) is 0 Å². The van der Waals surface area contributed by atoms with Crippen LogP contribution < -0.4 is 10.6 Å². The maximum absolute atomic E-state index is 12.5. The molecular formula is C23H19BrClN5O. The first-order valence-electron chi connectivity index (χ1n) is 9.50. The largest absolute Gasteiger partial charge is 0.346 e. The second-order valence-electron chi connectivity index (χ2n) is 6.98. The molecule has 0 aliphatic carbocycles. The van der Waals surface area contributed by atoms with E-state index in [2.05, 4.69) is 53.2 Å². The molecule has 0 aliphatic rings. The van der Waals surface area contributed by atoms with Gasteiger partial charge in [0.15, 0.2) is 0 Å². The Morgan fingerprint density at radius 2 is 1.84 bits per heavy atom. The number of anilines is 2. The van der Waals surface area contributed by atoms with Crippen molar-refractivity contribution >= 4 is 67.7 Å². The smallest absolute Gasteiger partial charge is 0.323 e. The number of amides is 2. The van der Waals surface area contributed by atoms with Crippen LogP contribution in [-0.2, 0) is 6.54 Å². The summed E-state index contributed by atoms with van der Waals surface area (Å²) >= 11 is 3.39. The Morgan fingerprint density at radius 3 is 2.68 bits per heavy atom. The number of benzene rings is 2. The average Bonchev–Trinajstić information content (AvgIpc) is 3.35. The summed E-state index contributed by atoms with van der Waals surface area (Å²) < 4.78 is 3.13. The summed E-state index contributed by atoms with van der Waals surface area (Å²) in [6, 6.07) is 19.1. The number of fused-ring (bicyclic) bond motifs is 2. The monoisotopic (exact) mass is 495 g/mol. The van der Waals surface area contributed by atoms with E-state index in [9.17, 15) is 4.79 Å². The first-order chi connectivity index (χ1) is 14.7. The topological polar surface area (TPSA) is 74.7 Å². The van der Waals surface area contributed by atoms with E-state index in [1.54, 1.807) is 6.20 Å². The van der Waals surface area contributed by atoms with Crippen LogP contribution in [-0.4, -0.2) is 20.6 Å². The molecule has 8 heteroatoms. The van der Waals surface area contributed by atoms with Crippen molar-refractivity contribution in [1.29, 1.82) is 0 Å². The summed E-state index contributed by atoms with van der Waals surface area (Å²) in [6.07, 6.45) is 5.82. The highest BCUT2D eigenvalue weighted by molar-refractivity contribution is 9.10. The third-order valence-corrected chi connectivity index (χ3v) is 5.57. The van der Waals surface area contributed by atoms with Gasteiger partial charge in [0.05, 0.1) is 11.2 Å². The van der Waals surface area contributed by atoms with E-state index in [-0.39, 0.29) is 18.4 Å². The Labute approximate surface area is 193 Å². The Bertz CT molecular complexity index is 1360. The molecule has 0 aliphatic heterocycles. The molecule has 0 atom stereocenters. The minimum Gasteiger partial charge on any atom is -0.346 e. The van der Waals surface area contributed by atoms with Crippen molar-refractivity contribution < 1.29 is 4.79 Å². The average molecular weight is 497 g/mol. The lowest BCUT2D eigenvalue weighted by molar-refractivity contribution is 0.262. The van der Waals surface area contributed by atoms with Crippen molar-refractivity contribution in [3.63, 3.8) is 0 Å². The van der Waals surface area contributed by atoms with Gasteiger partial charge >= 0.3 is 6.03 Å². The van der Waals surface area contributed by atoms with Crippen LogP contribution in [0.25, 0.3) is 21.9 Å². The van der Waals surface area contributed by atoms with E-state index >= 15 is 0 Å². The molecule has 0 saturated carbocycles. The van der Waals surface area contributed by atoms with E-state index < -0.39 is 0 Å². The van der Waals surface area contributed by atoms with Crippen molar-refractivity contribution in [2.45, 2.75) is 6.54 Å². The first-order valence-corrected chi connectivity index (χ1v) is 10.3. The number of pyridine rings is 1. The molecule has 2 aromatic carbocycles. The number of aromatic amines is 1. The summed E-state index contributed by atoms with van der Waals surface area (Å²) in [6.45, 7) is 0.712. The van der Waals surface area contributed by atoms with Crippen LogP contribution >= 0.6 is 28.3 Å². The molecule has 2 amide bonds. The van der Waals surface area contributed by atoms with Crippen LogP contribution in [0.1, 0.15) is 5.56 Å². The normalized spacial score (nSPS) is 10.7. The van der Waals surface area contributed by atoms with Crippen LogP contribution in [0.3, 0.4) is 0 Å². The van der Waals surface area contributed by atoms with Gasteiger partial charge in [0.25, 0.3) is 0 Å². The molecule has 156 valence electrons. The highest BCUT2D eigenvalue weighted by Crippen LogP contribution is 2.27. The fraction of sp³-hybridized carbons (Fsp3) is 0.0435. The number of hydrogen-bond donors (Lipinski definition) is 3. The van der Waals surface area contributed by atoms with Crippen LogP contribution in [0, 0.1) is 0 Å². The fourth-order valence-corrected chi connectivity index (χ4v) is 3.88. The van der Waals surface area contributed by atoms with Crippen LogP contribution in [0.4, 0.5) is 16.2 Å². The van der Waals surface area contributed by atoms with Gasteiger partial charge in [-0.05, 0) is 60.2 Å². The van der Waals surface area contributed by atoms with Gasteiger partial charge < -0.3 is 20.2 Å². The number of rotatable bonds is 4. The molecule has 0 radical (unpaired) electrons. The zero-order valence-corrected chi connectivity index (χ0v) is 18.7. The number of hydrogen-bond acceptors (Lipinski definition) is 2. The molecule has 5 rings (SSSR count). The molecule has 0 unspecified atom stereocenters. The van der Waals surface area contributed by atoms with Crippen LogP contribution in [0.5, 0.6) is 0 Å². The number of aromatic nitrogens is 3. The molecule has 0 spiro atoms. The number of nitrogens with one attached hydrogen (secondary N) is 3. The molecular weight excluding hydrogens is 478 g/mol. The molecule has 6 nitrogen and oxygen atoms in total. The minimum atomic E-state index is -0.278. The van der Waals surface area contributed by atoms with Gasteiger partial charge in [-0.2, -0.15) is 0 Å². The number of halogens is 2. The Kier molecular flexibility index (Phi) is 5.97. The molecule has 5 aromatic rings. The van der Waals surface area contributed by atoms with E-state index in [0.29, 0.717) is 6.54 Å². The van der Waals surface area contributed by atoms with Crippen molar-refractivity contribution in [3.05, 3.63) is 89.3 Å². The maximum Gasteiger partial charge on any atom is 0.323 e. The van der Waals surface area contributed by atoms with E-state index in [1.165, 1.54) is 5.56 Å². The van der Waals surface area contributed by atoms with Crippen molar-refractivity contribution in [1.82, 2.24) is 14.5 Å². The predicted octanol–water partition coefficient (Wildman–Crippen LogP) is 6.39. The third kappa shape index (κ3) is 4.28. The lowest BCUT2D eigenvalue weighted by Gasteiger charge is -2.10. The first kappa shape index (κ1) is 21.0. The molecule has 3 heterocycles. The van der Waals surface area contributed by atoms with Gasteiger partial charge in [-0.3, -0.25) is 0 Å². The van der Waals surface area contributed by atoms with Gasteiger partial charge in [-0.25, -0.2) is 9.78 Å². The second-order valence-corrected chi connectivity index (χ2v) is 7.90. The fourth-order valence-electron chi connectivity index (χ4n) is 3.62. The van der Waals surface area contributed by atoms with Gasteiger partial charge in [0, 0.05) is 46.1 Å². The summed E-state index contributed by atoms with van der Waals surface area (Å²) in [4.78, 5) is 20.0. The highest BCUT2D eigenvalue weighted by Gasteiger charge is 2.11. The standard InChI is InChI=1S/C23H18BrN5O.ClH/c24-16-6-8-17(9-7-16)27-23(30)28-20-4-1-5-21-19(20)10-12-29(21)14-15-13-26-22-18(15)3-2-11-25-22;/h1-13H,14H2,(H,25,26)(H2,27,28,30);1H. The maximum atomic E-state index is 12.5. The summed E-state index contributed by atoms with van der Waals surface area (Å²) in [5.74, 6) is 0. The Morgan fingerprint density at radius 1 is 1.00 bits per heavy atom. The number of H-pyrrole nitrogens is 1. The molecule has 0 bridgehead atoms. The molecule has 31 heavy (non-hydrogen) atoms. The lowest BCUT2D eigenvalue weighted by atomic mass is 10.2. The van der Waals surface area contributed by atoms with Crippen LogP contribution in [0.2, 0.25) is 0 Å². The lowest BCUT2D eigenvalue weighted by Crippen LogP contribution is -2.19. The SMILES string of the molecule is Cl.O=C(Nc1ccc(Br)cc1)Nc1cccc2c1ccn2Cc1c[nH]c2ncccc12. The van der Waals surface area contributed by atoms with Gasteiger partial charge in [-0.15, -0.1) is 12.4 Å². The third-order valence-electron chi connectivity index (χ3n) is 5.04. The zero-order chi connectivity index (χ0) is 20.5. The van der Waals surface area contributed by atoms with Gasteiger partial charge in [-0.1, -0.05) is 22.0 Å². The van der Waals surface area contributed by atoms with E-state index in [0.717, 1.165) is 37.8 Å².